The molecule has 0 spiro atoms. The molecule has 0 atom stereocenters. The summed E-state index contributed by atoms with van der Waals surface area (Å²) in [4.78, 5) is 17.8. The molecular weight excluding hydrogens is 444 g/mol. The third-order valence-electron chi connectivity index (χ3n) is 6.92. The van der Waals surface area contributed by atoms with Gasteiger partial charge in [0.05, 0.1) is 12.3 Å². The number of thiophene rings is 1. The van der Waals surface area contributed by atoms with E-state index in [2.05, 4.69) is 45.4 Å². The molecule has 3 aromatic rings. The van der Waals surface area contributed by atoms with Crippen molar-refractivity contribution in [2.75, 3.05) is 49.5 Å². The zero-order chi connectivity index (χ0) is 23.3. The highest BCUT2D eigenvalue weighted by Gasteiger charge is 2.19. The van der Waals surface area contributed by atoms with Crippen LogP contribution >= 0.6 is 11.3 Å². The number of nitrogens with one attached hydrogen (secondary N) is 1. The Labute approximate surface area is 205 Å². The first-order chi connectivity index (χ1) is 16.7. The van der Waals surface area contributed by atoms with Crippen LogP contribution in [0.1, 0.15) is 36.1 Å². The van der Waals surface area contributed by atoms with E-state index in [1.807, 2.05) is 12.1 Å². The van der Waals surface area contributed by atoms with Gasteiger partial charge in [-0.05, 0) is 74.9 Å². The number of rotatable bonds is 7. The molecule has 0 saturated carbocycles. The molecule has 6 nitrogen and oxygen atoms in total. The number of hydrogen-bond donors (Lipinski definition) is 2. The zero-order valence-corrected chi connectivity index (χ0v) is 20.5. The van der Waals surface area contributed by atoms with E-state index in [0.717, 1.165) is 88.3 Å². The number of urea groups is 1. The minimum absolute atomic E-state index is 0.496. The average Bonchev–Trinajstić information content (AvgIpc) is 3.02. The zero-order valence-electron chi connectivity index (χ0n) is 19.7. The summed E-state index contributed by atoms with van der Waals surface area (Å²) in [6.45, 7) is 6.31. The number of nitrogens with zero attached hydrogens (tertiary/aromatic N) is 2. The van der Waals surface area contributed by atoms with Gasteiger partial charge in [0.1, 0.15) is 5.75 Å². The summed E-state index contributed by atoms with van der Waals surface area (Å²) in [7, 11) is 0. The van der Waals surface area contributed by atoms with E-state index in [-0.39, 0.29) is 0 Å². The Morgan fingerprint density at radius 1 is 1.06 bits per heavy atom. The van der Waals surface area contributed by atoms with Crippen molar-refractivity contribution in [3.63, 3.8) is 0 Å². The van der Waals surface area contributed by atoms with Crippen molar-refractivity contribution in [3.8, 4) is 5.75 Å². The largest absolute Gasteiger partial charge is 0.493 e. The molecule has 0 unspecified atom stereocenters. The second-order valence-electron chi connectivity index (χ2n) is 9.27. The maximum absolute atomic E-state index is 11.5. The Kier molecular flexibility index (Phi) is 7.21. The van der Waals surface area contributed by atoms with Crippen molar-refractivity contribution in [3.05, 3.63) is 52.9 Å². The predicted octanol–water partition coefficient (Wildman–Crippen LogP) is 5.25. The molecule has 0 radical (unpaired) electrons. The highest BCUT2D eigenvalue weighted by molar-refractivity contribution is 7.19. The molecule has 1 saturated heterocycles. The third-order valence-corrected chi connectivity index (χ3v) is 8.15. The van der Waals surface area contributed by atoms with Gasteiger partial charge < -0.3 is 20.7 Å². The first-order valence-electron chi connectivity index (χ1n) is 12.5. The number of hydrogen-bond acceptors (Lipinski definition) is 5. The molecule has 0 aliphatic carbocycles. The second kappa shape index (κ2) is 10.7. The van der Waals surface area contributed by atoms with Gasteiger partial charge in [-0.25, -0.2) is 4.79 Å². The molecule has 34 heavy (non-hydrogen) atoms. The summed E-state index contributed by atoms with van der Waals surface area (Å²) in [6, 6.07) is 14.4. The molecule has 1 fully saturated rings. The molecule has 2 amide bonds. The van der Waals surface area contributed by atoms with Crippen LogP contribution in [0.2, 0.25) is 0 Å². The predicted molar refractivity (Wildman–Crippen MR) is 141 cm³/mol. The van der Waals surface area contributed by atoms with Crippen LogP contribution in [0.15, 0.2) is 42.5 Å². The number of amides is 2. The lowest BCUT2D eigenvalue weighted by Crippen LogP contribution is -2.46. The number of unbranched alkanes of at least 4 members (excludes halogenated alkanes) is 1. The highest BCUT2D eigenvalue weighted by atomic mass is 32.1. The standard InChI is InChI=1S/C27H34N4O2S/c28-27(32)29-26-22-8-1-2-9-24(22)34-25(26)10-3-5-13-30-14-16-31(17-15-30)21-11-12-23-20(19-21)7-4-6-18-33-23/h1-2,8-9,11-12,19H,3-7,10,13-18H2,(H3,28,29,32). The van der Waals surface area contributed by atoms with E-state index in [0.29, 0.717) is 0 Å². The molecule has 2 aromatic carbocycles. The van der Waals surface area contributed by atoms with Gasteiger partial charge in [-0.15, -0.1) is 11.3 Å². The van der Waals surface area contributed by atoms with Gasteiger partial charge in [0, 0.05) is 46.8 Å². The normalized spacial score (nSPS) is 16.6. The maximum Gasteiger partial charge on any atom is 0.316 e. The summed E-state index contributed by atoms with van der Waals surface area (Å²) >= 11 is 1.76. The molecule has 1 aromatic heterocycles. The number of primary amides is 1. The lowest BCUT2D eigenvalue weighted by molar-refractivity contribution is 0.253. The van der Waals surface area contributed by atoms with E-state index < -0.39 is 6.03 Å². The summed E-state index contributed by atoms with van der Waals surface area (Å²) in [5, 5.41) is 3.94. The number of nitrogens with two attached hydrogens (primary N) is 1. The van der Waals surface area contributed by atoms with Crippen molar-refractivity contribution < 1.29 is 9.53 Å². The Morgan fingerprint density at radius 3 is 2.76 bits per heavy atom. The quantitative estimate of drug-likeness (QED) is 0.455. The van der Waals surface area contributed by atoms with Crippen molar-refractivity contribution in [1.29, 1.82) is 0 Å². The minimum atomic E-state index is -0.496. The van der Waals surface area contributed by atoms with Crippen LogP contribution in [0.25, 0.3) is 10.1 Å². The number of piperazine rings is 1. The van der Waals surface area contributed by atoms with Gasteiger partial charge in [-0.1, -0.05) is 18.2 Å². The lowest BCUT2D eigenvalue weighted by Gasteiger charge is -2.36. The highest BCUT2D eigenvalue weighted by Crippen LogP contribution is 2.36. The van der Waals surface area contributed by atoms with E-state index in [9.17, 15) is 4.79 Å². The second-order valence-corrected chi connectivity index (χ2v) is 10.4. The van der Waals surface area contributed by atoms with Gasteiger partial charge in [0.2, 0.25) is 0 Å². The number of anilines is 2. The molecule has 2 aliphatic heterocycles. The summed E-state index contributed by atoms with van der Waals surface area (Å²) in [5.41, 5.74) is 9.02. The van der Waals surface area contributed by atoms with Crippen LogP contribution in [0.5, 0.6) is 5.75 Å². The fourth-order valence-electron chi connectivity index (χ4n) is 5.08. The first-order valence-corrected chi connectivity index (χ1v) is 13.3. The molecule has 180 valence electrons. The molecule has 0 bridgehead atoms. The number of aryl methyl sites for hydroxylation is 2. The van der Waals surface area contributed by atoms with E-state index >= 15 is 0 Å². The van der Waals surface area contributed by atoms with E-state index in [1.165, 1.54) is 27.2 Å². The van der Waals surface area contributed by atoms with Crippen molar-refractivity contribution in [1.82, 2.24) is 4.90 Å². The Morgan fingerprint density at radius 2 is 1.91 bits per heavy atom. The van der Waals surface area contributed by atoms with Crippen LogP contribution < -0.4 is 20.7 Å². The number of fused-ring (bicyclic) bond motifs is 2. The van der Waals surface area contributed by atoms with Crippen molar-refractivity contribution in [2.24, 2.45) is 5.73 Å². The van der Waals surface area contributed by atoms with Crippen LogP contribution in [0.4, 0.5) is 16.2 Å². The lowest BCUT2D eigenvalue weighted by atomic mass is 10.1. The smallest absolute Gasteiger partial charge is 0.316 e. The van der Waals surface area contributed by atoms with Gasteiger partial charge in [-0.2, -0.15) is 0 Å². The van der Waals surface area contributed by atoms with Crippen LogP contribution in [0.3, 0.4) is 0 Å². The van der Waals surface area contributed by atoms with Crippen LogP contribution in [0, 0.1) is 0 Å². The molecule has 2 aliphatic rings. The number of carbonyl (C=O) groups excluding carboxylic acids is 1. The average molecular weight is 479 g/mol. The molecule has 3 heterocycles. The fourth-order valence-corrected chi connectivity index (χ4v) is 6.28. The topological polar surface area (TPSA) is 70.8 Å². The van der Waals surface area contributed by atoms with Crippen molar-refractivity contribution in [2.45, 2.75) is 38.5 Å². The monoisotopic (exact) mass is 478 g/mol. The van der Waals surface area contributed by atoms with Gasteiger partial charge in [-0.3, -0.25) is 4.90 Å². The number of benzene rings is 2. The van der Waals surface area contributed by atoms with Crippen LogP contribution in [-0.4, -0.2) is 50.3 Å². The Balaban J connectivity index is 1.10. The summed E-state index contributed by atoms with van der Waals surface area (Å²) < 4.78 is 7.08. The third kappa shape index (κ3) is 5.31. The number of ether oxygens (including phenoxy) is 1. The van der Waals surface area contributed by atoms with E-state index in [1.54, 1.807) is 11.3 Å². The first kappa shape index (κ1) is 23.0. The summed E-state index contributed by atoms with van der Waals surface area (Å²) in [6.07, 6.45) is 6.71. The molecule has 5 rings (SSSR count). The van der Waals surface area contributed by atoms with Crippen LogP contribution in [-0.2, 0) is 12.8 Å². The van der Waals surface area contributed by atoms with E-state index in [4.69, 9.17) is 10.5 Å². The molecule has 7 heteroatoms. The Hall–Kier alpha value is -2.77. The van der Waals surface area contributed by atoms with Crippen molar-refractivity contribution >= 4 is 38.8 Å². The summed E-state index contributed by atoms with van der Waals surface area (Å²) in [5.74, 6) is 1.08. The maximum atomic E-state index is 11.5. The van der Waals surface area contributed by atoms with Gasteiger partial charge in [0.15, 0.2) is 0 Å². The van der Waals surface area contributed by atoms with Gasteiger partial charge >= 0.3 is 6.03 Å². The number of carbonyl (C=O) groups is 1. The minimum Gasteiger partial charge on any atom is -0.493 e. The Bertz CT molecular complexity index is 1140. The molecular formula is C27H34N4O2S. The molecule has 3 N–H and O–H groups in total. The fraction of sp³-hybridized carbons (Fsp3) is 0.444. The van der Waals surface area contributed by atoms with Gasteiger partial charge in [0.25, 0.3) is 0 Å². The SMILES string of the molecule is NC(=O)Nc1c(CCCCN2CCN(c3ccc4c(c3)CCCCO4)CC2)sc2ccccc12.